The molecule has 2 aromatic rings. The minimum absolute atomic E-state index is 0.226. The lowest BCUT2D eigenvalue weighted by molar-refractivity contribution is -0.156. The van der Waals surface area contributed by atoms with Crippen LogP contribution in [0.4, 0.5) is 16.2 Å². The van der Waals surface area contributed by atoms with Crippen LogP contribution in [0.1, 0.15) is 33.3 Å². The third kappa shape index (κ3) is 6.92. The molecule has 3 N–H and O–H groups in total. The first kappa shape index (κ1) is 22.9. The fourth-order valence-electron chi connectivity index (χ4n) is 2.70. The quantitative estimate of drug-likeness (QED) is 0.573. The van der Waals surface area contributed by atoms with Crippen LogP contribution in [0.5, 0.6) is 0 Å². The van der Waals surface area contributed by atoms with Gasteiger partial charge in [0, 0.05) is 11.4 Å². The highest BCUT2D eigenvalue weighted by Gasteiger charge is 2.29. The highest BCUT2D eigenvalue weighted by molar-refractivity contribution is 5.96. The molecule has 7 heteroatoms. The van der Waals surface area contributed by atoms with Crippen molar-refractivity contribution < 1.29 is 19.1 Å². The van der Waals surface area contributed by atoms with Gasteiger partial charge in [-0.3, -0.25) is 4.79 Å². The molecule has 0 aliphatic carbocycles. The number of hydrogen-bond donors (Lipinski definition) is 3. The maximum absolute atomic E-state index is 12.6. The molecule has 3 amide bonds. The summed E-state index contributed by atoms with van der Waals surface area (Å²) in [7, 11) is 0. The van der Waals surface area contributed by atoms with Crippen molar-refractivity contribution in [3.63, 3.8) is 0 Å². The minimum atomic E-state index is -1.01. The van der Waals surface area contributed by atoms with E-state index in [1.807, 2.05) is 18.2 Å². The Morgan fingerprint density at radius 1 is 0.867 bits per heavy atom. The number of carbonyl (C=O) groups is 3. The van der Waals surface area contributed by atoms with Crippen LogP contribution >= 0.6 is 0 Å². The second-order valence-electron chi connectivity index (χ2n) is 7.31. The maximum Gasteiger partial charge on any atom is 0.329 e. The van der Waals surface area contributed by atoms with Crippen molar-refractivity contribution in [2.45, 2.75) is 46.3 Å². The van der Waals surface area contributed by atoms with Gasteiger partial charge in [0.15, 0.2) is 6.10 Å². The molecule has 30 heavy (non-hydrogen) atoms. The Hall–Kier alpha value is -3.35. The van der Waals surface area contributed by atoms with Gasteiger partial charge in [0.1, 0.15) is 6.04 Å². The number of rotatable bonds is 8. The molecule has 0 aliphatic rings. The van der Waals surface area contributed by atoms with E-state index in [0.717, 1.165) is 12.0 Å². The highest BCUT2D eigenvalue weighted by atomic mass is 16.5. The van der Waals surface area contributed by atoms with Crippen LogP contribution in [-0.4, -0.2) is 30.1 Å². The molecular weight excluding hydrogens is 382 g/mol. The van der Waals surface area contributed by atoms with E-state index in [9.17, 15) is 14.4 Å². The normalized spacial score (nSPS) is 12.6. The van der Waals surface area contributed by atoms with E-state index < -0.39 is 30.1 Å². The second-order valence-corrected chi connectivity index (χ2v) is 7.31. The number of para-hydroxylation sites is 1. The number of ether oxygens (including phenoxy) is 1. The van der Waals surface area contributed by atoms with Gasteiger partial charge in [0.05, 0.1) is 0 Å². The van der Waals surface area contributed by atoms with Gasteiger partial charge in [0.2, 0.25) is 0 Å². The summed E-state index contributed by atoms with van der Waals surface area (Å²) in [6, 6.07) is 14.9. The SMILES string of the molecule is CCc1ccc(NC(=O)[C@@H](C)OC(=O)[C@@H](NC(=O)Nc2ccccc2)C(C)C)cc1. The summed E-state index contributed by atoms with van der Waals surface area (Å²) in [5.41, 5.74) is 2.39. The molecule has 2 rings (SSSR count). The number of aryl methyl sites for hydroxylation is 1. The van der Waals surface area contributed by atoms with Gasteiger partial charge < -0.3 is 20.7 Å². The molecular formula is C23H29N3O4. The van der Waals surface area contributed by atoms with Crippen molar-refractivity contribution in [2.75, 3.05) is 10.6 Å². The number of amides is 3. The number of anilines is 2. The first-order valence-corrected chi connectivity index (χ1v) is 10.0. The third-order valence-corrected chi connectivity index (χ3v) is 4.53. The van der Waals surface area contributed by atoms with E-state index in [1.165, 1.54) is 6.92 Å². The lowest BCUT2D eigenvalue weighted by Crippen LogP contribution is -2.48. The zero-order valence-electron chi connectivity index (χ0n) is 17.8. The molecule has 0 radical (unpaired) electrons. The molecule has 2 atom stereocenters. The average Bonchev–Trinajstić information content (AvgIpc) is 2.72. The Bertz CT molecular complexity index is 851. The standard InChI is InChI=1S/C23H29N3O4/c1-5-17-11-13-19(14-12-17)24-21(27)16(4)30-22(28)20(15(2)3)26-23(29)25-18-9-7-6-8-10-18/h6-16,20H,5H2,1-4H3,(H,24,27)(H2,25,26,29)/t16-,20+/m1/s1. The second kappa shape index (κ2) is 11.0. The summed E-state index contributed by atoms with van der Waals surface area (Å²) >= 11 is 0. The van der Waals surface area contributed by atoms with Crippen LogP contribution in [0.15, 0.2) is 54.6 Å². The monoisotopic (exact) mass is 411 g/mol. The van der Waals surface area contributed by atoms with Crippen LogP contribution in [0, 0.1) is 5.92 Å². The molecule has 0 unspecified atom stereocenters. The summed E-state index contributed by atoms with van der Waals surface area (Å²) in [5, 5.41) is 8.00. The molecule has 0 heterocycles. The van der Waals surface area contributed by atoms with Crippen LogP contribution in [0.25, 0.3) is 0 Å². The molecule has 0 saturated heterocycles. The Morgan fingerprint density at radius 2 is 1.47 bits per heavy atom. The van der Waals surface area contributed by atoms with Gasteiger partial charge in [-0.25, -0.2) is 9.59 Å². The predicted molar refractivity (Wildman–Crippen MR) is 117 cm³/mol. The van der Waals surface area contributed by atoms with Gasteiger partial charge >= 0.3 is 12.0 Å². The zero-order valence-corrected chi connectivity index (χ0v) is 17.8. The highest BCUT2D eigenvalue weighted by Crippen LogP contribution is 2.12. The average molecular weight is 412 g/mol. The molecule has 0 saturated carbocycles. The molecule has 0 fully saturated rings. The topological polar surface area (TPSA) is 96.5 Å². The van der Waals surface area contributed by atoms with Crippen molar-refractivity contribution in [1.29, 1.82) is 0 Å². The fraction of sp³-hybridized carbons (Fsp3) is 0.348. The number of benzene rings is 2. The Balaban J connectivity index is 1.92. The van der Waals surface area contributed by atoms with Crippen LogP contribution < -0.4 is 16.0 Å². The van der Waals surface area contributed by atoms with Crippen LogP contribution in [0.3, 0.4) is 0 Å². The predicted octanol–water partition coefficient (Wildman–Crippen LogP) is 3.97. The summed E-state index contributed by atoms with van der Waals surface area (Å²) in [4.78, 5) is 37.2. The first-order chi connectivity index (χ1) is 14.3. The van der Waals surface area contributed by atoms with Crippen molar-refractivity contribution in [3.8, 4) is 0 Å². The van der Waals surface area contributed by atoms with Crippen LogP contribution in [-0.2, 0) is 20.7 Å². The largest absolute Gasteiger partial charge is 0.451 e. The summed E-state index contributed by atoms with van der Waals surface area (Å²) < 4.78 is 5.31. The molecule has 0 spiro atoms. The maximum atomic E-state index is 12.6. The number of esters is 1. The van der Waals surface area contributed by atoms with Gasteiger partial charge in [-0.2, -0.15) is 0 Å². The molecule has 0 aliphatic heterocycles. The van der Waals surface area contributed by atoms with E-state index in [1.54, 1.807) is 50.2 Å². The molecule has 0 aromatic heterocycles. The lowest BCUT2D eigenvalue weighted by Gasteiger charge is -2.23. The lowest BCUT2D eigenvalue weighted by atomic mass is 10.0. The van der Waals surface area contributed by atoms with Crippen molar-refractivity contribution >= 4 is 29.3 Å². The number of urea groups is 1. The first-order valence-electron chi connectivity index (χ1n) is 10.0. The third-order valence-electron chi connectivity index (χ3n) is 4.53. The number of hydrogen-bond acceptors (Lipinski definition) is 4. The van der Waals surface area contributed by atoms with E-state index in [2.05, 4.69) is 22.9 Å². The molecule has 0 bridgehead atoms. The van der Waals surface area contributed by atoms with Crippen molar-refractivity contribution in [2.24, 2.45) is 5.92 Å². The zero-order chi connectivity index (χ0) is 22.1. The van der Waals surface area contributed by atoms with E-state index in [0.29, 0.717) is 11.4 Å². The van der Waals surface area contributed by atoms with Crippen LogP contribution in [0.2, 0.25) is 0 Å². The van der Waals surface area contributed by atoms with E-state index in [-0.39, 0.29) is 5.92 Å². The summed E-state index contributed by atoms with van der Waals surface area (Å²) in [6.45, 7) is 7.12. The van der Waals surface area contributed by atoms with Crippen molar-refractivity contribution in [1.82, 2.24) is 5.32 Å². The Kier molecular flexibility index (Phi) is 8.41. The summed E-state index contributed by atoms with van der Waals surface area (Å²) in [6.07, 6.45) is -0.104. The number of nitrogens with one attached hydrogen (secondary N) is 3. The molecule has 160 valence electrons. The summed E-state index contributed by atoms with van der Waals surface area (Å²) in [5.74, 6) is -1.34. The Labute approximate surface area is 177 Å². The van der Waals surface area contributed by atoms with Gasteiger partial charge in [-0.15, -0.1) is 0 Å². The van der Waals surface area contributed by atoms with E-state index >= 15 is 0 Å². The molecule has 2 aromatic carbocycles. The van der Waals surface area contributed by atoms with E-state index in [4.69, 9.17) is 4.74 Å². The minimum Gasteiger partial charge on any atom is -0.451 e. The number of carbonyl (C=O) groups excluding carboxylic acids is 3. The van der Waals surface area contributed by atoms with Gasteiger partial charge in [-0.1, -0.05) is 51.1 Å². The molecule has 7 nitrogen and oxygen atoms in total. The van der Waals surface area contributed by atoms with Gasteiger partial charge in [0.25, 0.3) is 5.91 Å². The fourth-order valence-corrected chi connectivity index (χ4v) is 2.70. The van der Waals surface area contributed by atoms with Gasteiger partial charge in [-0.05, 0) is 49.1 Å². The Morgan fingerprint density at radius 3 is 2.03 bits per heavy atom. The smallest absolute Gasteiger partial charge is 0.329 e. The van der Waals surface area contributed by atoms with Crippen molar-refractivity contribution in [3.05, 3.63) is 60.2 Å².